The second kappa shape index (κ2) is 5.89. The Balaban J connectivity index is 1.73. The molecule has 112 valence electrons. The molecule has 21 heavy (non-hydrogen) atoms. The molecular formula is C15H18N2O3S. The van der Waals surface area contributed by atoms with Gasteiger partial charge in [0, 0.05) is 4.88 Å². The number of hydrogen-bond acceptors (Lipinski definition) is 6. The van der Waals surface area contributed by atoms with Crippen LogP contribution >= 0.6 is 11.3 Å². The SMILES string of the molecule is CCOC(=O)C1CCc2sc(NC(C)c3ccco3)nc21. The van der Waals surface area contributed by atoms with Crippen molar-refractivity contribution in [3.63, 3.8) is 0 Å². The number of nitrogens with one attached hydrogen (secondary N) is 1. The number of nitrogens with zero attached hydrogens (tertiary/aromatic N) is 1. The van der Waals surface area contributed by atoms with Crippen LogP contribution in [0.1, 0.15) is 48.6 Å². The molecule has 0 amide bonds. The summed E-state index contributed by atoms with van der Waals surface area (Å²) in [6.45, 7) is 4.26. The Bertz CT molecular complexity index is 621. The average molecular weight is 306 g/mol. The van der Waals surface area contributed by atoms with E-state index >= 15 is 0 Å². The number of fused-ring (bicyclic) bond motifs is 1. The summed E-state index contributed by atoms with van der Waals surface area (Å²) < 4.78 is 10.5. The van der Waals surface area contributed by atoms with Crippen LogP contribution in [0.4, 0.5) is 5.13 Å². The van der Waals surface area contributed by atoms with Crippen molar-refractivity contribution in [1.82, 2.24) is 4.98 Å². The first-order chi connectivity index (χ1) is 10.2. The highest BCUT2D eigenvalue weighted by Gasteiger charge is 2.33. The van der Waals surface area contributed by atoms with Gasteiger partial charge in [-0.15, -0.1) is 11.3 Å². The molecule has 2 heterocycles. The topological polar surface area (TPSA) is 64.4 Å². The van der Waals surface area contributed by atoms with Gasteiger partial charge in [-0.1, -0.05) is 0 Å². The molecule has 0 spiro atoms. The molecule has 1 aliphatic rings. The van der Waals surface area contributed by atoms with Crippen LogP contribution in [0.15, 0.2) is 22.8 Å². The molecule has 0 fully saturated rings. The zero-order chi connectivity index (χ0) is 14.8. The summed E-state index contributed by atoms with van der Waals surface area (Å²) >= 11 is 1.62. The van der Waals surface area contributed by atoms with Gasteiger partial charge in [-0.3, -0.25) is 4.79 Å². The summed E-state index contributed by atoms with van der Waals surface area (Å²) in [6.07, 6.45) is 3.36. The summed E-state index contributed by atoms with van der Waals surface area (Å²) in [4.78, 5) is 17.7. The molecule has 0 bridgehead atoms. The number of anilines is 1. The highest BCUT2D eigenvalue weighted by atomic mass is 32.1. The molecule has 2 aromatic heterocycles. The van der Waals surface area contributed by atoms with Crippen molar-refractivity contribution >= 4 is 22.4 Å². The number of aromatic nitrogens is 1. The molecule has 0 saturated heterocycles. The van der Waals surface area contributed by atoms with E-state index in [0.717, 1.165) is 29.4 Å². The van der Waals surface area contributed by atoms with E-state index in [-0.39, 0.29) is 17.9 Å². The van der Waals surface area contributed by atoms with Crippen molar-refractivity contribution < 1.29 is 13.9 Å². The molecule has 3 rings (SSSR count). The van der Waals surface area contributed by atoms with Gasteiger partial charge in [0.2, 0.25) is 0 Å². The molecule has 0 aliphatic heterocycles. The Morgan fingerprint density at radius 2 is 2.52 bits per heavy atom. The molecule has 5 nitrogen and oxygen atoms in total. The Hall–Kier alpha value is -1.82. The summed E-state index contributed by atoms with van der Waals surface area (Å²) in [6, 6.07) is 3.85. The zero-order valence-electron chi connectivity index (χ0n) is 12.1. The maximum absolute atomic E-state index is 11.9. The summed E-state index contributed by atoms with van der Waals surface area (Å²) in [5, 5.41) is 4.16. The van der Waals surface area contributed by atoms with E-state index in [4.69, 9.17) is 9.15 Å². The number of carbonyl (C=O) groups excluding carboxylic acids is 1. The smallest absolute Gasteiger partial charge is 0.315 e. The van der Waals surface area contributed by atoms with E-state index in [9.17, 15) is 4.79 Å². The lowest BCUT2D eigenvalue weighted by atomic mass is 10.1. The monoisotopic (exact) mass is 306 g/mol. The number of rotatable bonds is 5. The van der Waals surface area contributed by atoms with Gasteiger partial charge in [-0.05, 0) is 38.8 Å². The van der Waals surface area contributed by atoms with E-state index in [1.54, 1.807) is 17.6 Å². The van der Waals surface area contributed by atoms with Crippen LogP contribution < -0.4 is 5.32 Å². The first-order valence-electron chi connectivity index (χ1n) is 7.15. The average Bonchev–Trinajstić information content (AvgIpc) is 3.14. The van der Waals surface area contributed by atoms with Crippen molar-refractivity contribution in [2.75, 3.05) is 11.9 Å². The van der Waals surface area contributed by atoms with E-state index in [0.29, 0.717) is 6.61 Å². The summed E-state index contributed by atoms with van der Waals surface area (Å²) in [5.41, 5.74) is 0.882. The van der Waals surface area contributed by atoms with Gasteiger partial charge in [-0.25, -0.2) is 4.98 Å². The number of furan rings is 1. The molecule has 1 aliphatic carbocycles. The molecule has 2 unspecified atom stereocenters. The fourth-order valence-electron chi connectivity index (χ4n) is 2.56. The van der Waals surface area contributed by atoms with Gasteiger partial charge in [0.25, 0.3) is 0 Å². The van der Waals surface area contributed by atoms with Gasteiger partial charge in [0.1, 0.15) is 11.7 Å². The van der Waals surface area contributed by atoms with Crippen LogP contribution in [0, 0.1) is 0 Å². The normalized spacial score (nSPS) is 18.3. The largest absolute Gasteiger partial charge is 0.467 e. The first-order valence-corrected chi connectivity index (χ1v) is 7.97. The number of aryl methyl sites for hydroxylation is 1. The van der Waals surface area contributed by atoms with Gasteiger partial charge < -0.3 is 14.5 Å². The number of esters is 1. The Labute approximate surface area is 127 Å². The Kier molecular flexibility index (Phi) is 3.96. The molecule has 0 radical (unpaired) electrons. The second-order valence-corrected chi connectivity index (χ2v) is 6.14. The predicted octanol–water partition coefficient (Wildman–Crippen LogP) is 3.50. The standard InChI is InChI=1S/C15H18N2O3S/c1-3-19-14(18)10-6-7-12-13(10)17-15(21-12)16-9(2)11-5-4-8-20-11/h4-5,8-10H,3,6-7H2,1-2H3,(H,16,17). The van der Waals surface area contributed by atoms with Crippen LogP contribution in [0.3, 0.4) is 0 Å². The lowest BCUT2D eigenvalue weighted by Gasteiger charge is -2.10. The molecule has 0 saturated carbocycles. The third kappa shape index (κ3) is 2.81. The number of ether oxygens (including phenoxy) is 1. The summed E-state index contributed by atoms with van der Waals surface area (Å²) in [5.74, 6) is 0.505. The van der Waals surface area contributed by atoms with Gasteiger partial charge in [0.15, 0.2) is 5.13 Å². The maximum Gasteiger partial charge on any atom is 0.315 e. The zero-order valence-corrected chi connectivity index (χ0v) is 12.9. The van der Waals surface area contributed by atoms with Crippen molar-refractivity contribution in [3.8, 4) is 0 Å². The first kappa shape index (κ1) is 14.1. The van der Waals surface area contributed by atoms with Crippen LogP contribution in [-0.2, 0) is 16.0 Å². The predicted molar refractivity (Wildman–Crippen MR) is 80.6 cm³/mol. The minimum atomic E-state index is -0.203. The van der Waals surface area contributed by atoms with E-state index in [1.807, 2.05) is 26.0 Å². The van der Waals surface area contributed by atoms with Crippen molar-refractivity contribution in [2.45, 2.75) is 38.6 Å². The minimum Gasteiger partial charge on any atom is -0.467 e. The molecule has 2 atom stereocenters. The van der Waals surface area contributed by atoms with Crippen LogP contribution in [0.25, 0.3) is 0 Å². The van der Waals surface area contributed by atoms with Crippen LogP contribution in [0.5, 0.6) is 0 Å². The van der Waals surface area contributed by atoms with Crippen molar-refractivity contribution in [2.24, 2.45) is 0 Å². The molecule has 2 aromatic rings. The van der Waals surface area contributed by atoms with E-state index in [2.05, 4.69) is 10.3 Å². The van der Waals surface area contributed by atoms with Gasteiger partial charge in [-0.2, -0.15) is 0 Å². The fourth-order valence-corrected chi connectivity index (χ4v) is 3.68. The molecule has 0 aromatic carbocycles. The maximum atomic E-state index is 11.9. The molecule has 6 heteroatoms. The van der Waals surface area contributed by atoms with Gasteiger partial charge in [0.05, 0.1) is 24.6 Å². The van der Waals surface area contributed by atoms with Crippen molar-refractivity contribution in [3.05, 3.63) is 34.7 Å². The van der Waals surface area contributed by atoms with Crippen LogP contribution in [0.2, 0.25) is 0 Å². The lowest BCUT2D eigenvalue weighted by molar-refractivity contribution is -0.145. The van der Waals surface area contributed by atoms with E-state index < -0.39 is 0 Å². The van der Waals surface area contributed by atoms with Crippen LogP contribution in [-0.4, -0.2) is 17.6 Å². The number of hydrogen-bond donors (Lipinski definition) is 1. The third-order valence-electron chi connectivity index (χ3n) is 3.60. The quantitative estimate of drug-likeness (QED) is 0.856. The van der Waals surface area contributed by atoms with Crippen molar-refractivity contribution in [1.29, 1.82) is 0 Å². The highest BCUT2D eigenvalue weighted by Crippen LogP contribution is 2.39. The molecule has 1 N–H and O–H groups in total. The lowest BCUT2D eigenvalue weighted by Crippen LogP contribution is -2.14. The summed E-state index contributed by atoms with van der Waals surface area (Å²) in [7, 11) is 0. The third-order valence-corrected chi connectivity index (χ3v) is 4.66. The second-order valence-electron chi connectivity index (χ2n) is 5.05. The molecular weight excluding hydrogens is 288 g/mol. The van der Waals surface area contributed by atoms with Gasteiger partial charge >= 0.3 is 5.97 Å². The Morgan fingerprint density at radius 1 is 1.67 bits per heavy atom. The number of carbonyl (C=O) groups is 1. The fraction of sp³-hybridized carbons (Fsp3) is 0.467. The highest BCUT2D eigenvalue weighted by molar-refractivity contribution is 7.15. The Morgan fingerprint density at radius 3 is 3.24 bits per heavy atom. The number of thiazole rings is 1. The minimum absolute atomic E-state index is 0.0484. The van der Waals surface area contributed by atoms with E-state index in [1.165, 1.54) is 4.88 Å².